The molecule has 2 rings (SSSR count). The summed E-state index contributed by atoms with van der Waals surface area (Å²) in [6.07, 6.45) is 2.81. The van der Waals surface area contributed by atoms with Crippen molar-refractivity contribution in [1.82, 2.24) is 9.97 Å². The van der Waals surface area contributed by atoms with E-state index >= 15 is 0 Å². The Morgan fingerprint density at radius 2 is 1.94 bits per heavy atom. The molecule has 0 aliphatic rings. The number of aryl methyl sites for hydroxylation is 1. The third-order valence-corrected chi connectivity index (χ3v) is 2.74. The summed E-state index contributed by atoms with van der Waals surface area (Å²) in [4.78, 5) is 8.62. The number of nitrogens with zero attached hydrogens (tertiary/aromatic N) is 2. The Bertz CT molecular complexity index is 493. The highest BCUT2D eigenvalue weighted by atomic mass is 15.1. The molecule has 0 bridgehead atoms. The highest BCUT2D eigenvalue weighted by molar-refractivity contribution is 5.60. The van der Waals surface area contributed by atoms with Crippen molar-refractivity contribution in [2.24, 2.45) is 5.73 Å². The largest absolute Gasteiger partial charge is 0.353 e. The van der Waals surface area contributed by atoms with Gasteiger partial charge in [-0.1, -0.05) is 31.2 Å². The first-order chi connectivity index (χ1) is 8.83. The van der Waals surface area contributed by atoms with Gasteiger partial charge in [0.2, 0.25) is 5.95 Å². The van der Waals surface area contributed by atoms with Gasteiger partial charge in [0.1, 0.15) is 0 Å². The number of nitrogens with one attached hydrogen (secondary N) is 1. The SMILES string of the molecule is CCc1ccc(-c2ccnc(NCCN)n2)cc1. The van der Waals surface area contributed by atoms with Gasteiger partial charge in [-0.3, -0.25) is 0 Å². The molecule has 0 spiro atoms. The highest BCUT2D eigenvalue weighted by Crippen LogP contribution is 2.18. The van der Waals surface area contributed by atoms with E-state index in [2.05, 4.69) is 46.5 Å². The minimum Gasteiger partial charge on any atom is -0.353 e. The molecule has 94 valence electrons. The van der Waals surface area contributed by atoms with Crippen molar-refractivity contribution in [1.29, 1.82) is 0 Å². The van der Waals surface area contributed by atoms with Crippen LogP contribution in [0.4, 0.5) is 5.95 Å². The van der Waals surface area contributed by atoms with E-state index in [-0.39, 0.29) is 0 Å². The Morgan fingerprint density at radius 1 is 1.17 bits per heavy atom. The van der Waals surface area contributed by atoms with Crippen molar-refractivity contribution in [2.75, 3.05) is 18.4 Å². The quantitative estimate of drug-likeness (QED) is 0.842. The number of anilines is 1. The van der Waals surface area contributed by atoms with Crippen LogP contribution >= 0.6 is 0 Å². The van der Waals surface area contributed by atoms with Crippen molar-refractivity contribution in [2.45, 2.75) is 13.3 Å². The Labute approximate surface area is 107 Å². The Hall–Kier alpha value is -1.94. The summed E-state index contributed by atoms with van der Waals surface area (Å²) in [5.74, 6) is 0.623. The molecule has 1 aromatic carbocycles. The second-order valence-electron chi connectivity index (χ2n) is 4.03. The molecule has 0 aliphatic carbocycles. The van der Waals surface area contributed by atoms with Gasteiger partial charge in [0, 0.05) is 24.8 Å². The molecule has 18 heavy (non-hydrogen) atoms. The highest BCUT2D eigenvalue weighted by Gasteiger charge is 2.01. The topological polar surface area (TPSA) is 63.8 Å². The molecule has 3 N–H and O–H groups in total. The first-order valence-corrected chi connectivity index (χ1v) is 6.19. The van der Waals surface area contributed by atoms with E-state index in [0.29, 0.717) is 19.0 Å². The lowest BCUT2D eigenvalue weighted by Gasteiger charge is -2.06. The summed E-state index contributed by atoms with van der Waals surface area (Å²) in [7, 11) is 0. The van der Waals surface area contributed by atoms with E-state index < -0.39 is 0 Å². The fourth-order valence-corrected chi connectivity index (χ4v) is 1.70. The van der Waals surface area contributed by atoms with Gasteiger partial charge in [0.05, 0.1) is 5.69 Å². The number of rotatable bonds is 5. The molecular formula is C14H18N4. The average Bonchev–Trinajstić information content (AvgIpc) is 2.45. The Balaban J connectivity index is 2.20. The molecule has 0 amide bonds. The number of aromatic nitrogens is 2. The van der Waals surface area contributed by atoms with Crippen molar-refractivity contribution < 1.29 is 0 Å². The van der Waals surface area contributed by atoms with Crippen molar-refractivity contribution in [3.8, 4) is 11.3 Å². The lowest BCUT2D eigenvalue weighted by atomic mass is 10.1. The van der Waals surface area contributed by atoms with E-state index in [4.69, 9.17) is 5.73 Å². The summed E-state index contributed by atoms with van der Waals surface area (Å²) >= 11 is 0. The molecule has 0 fully saturated rings. The number of benzene rings is 1. The van der Waals surface area contributed by atoms with Gasteiger partial charge >= 0.3 is 0 Å². The van der Waals surface area contributed by atoms with Crippen LogP contribution in [0, 0.1) is 0 Å². The maximum absolute atomic E-state index is 5.44. The normalized spacial score (nSPS) is 10.3. The summed E-state index contributed by atoms with van der Waals surface area (Å²) < 4.78 is 0. The standard InChI is InChI=1S/C14H18N4/c1-2-11-3-5-12(6-4-11)13-7-9-16-14(18-13)17-10-8-15/h3-7,9H,2,8,10,15H2,1H3,(H,16,17,18). The molecular weight excluding hydrogens is 224 g/mol. The van der Waals surface area contributed by atoms with Gasteiger partial charge in [-0.25, -0.2) is 9.97 Å². The molecule has 0 atom stereocenters. The summed E-state index contributed by atoms with van der Waals surface area (Å²) in [5.41, 5.74) is 8.79. The molecule has 0 unspecified atom stereocenters. The van der Waals surface area contributed by atoms with Gasteiger partial charge in [-0.05, 0) is 18.1 Å². The van der Waals surface area contributed by atoms with Crippen LogP contribution in [-0.2, 0) is 6.42 Å². The number of hydrogen-bond donors (Lipinski definition) is 2. The Kier molecular flexibility index (Phi) is 4.25. The smallest absolute Gasteiger partial charge is 0.223 e. The van der Waals surface area contributed by atoms with Gasteiger partial charge in [-0.2, -0.15) is 0 Å². The number of nitrogens with two attached hydrogens (primary N) is 1. The maximum Gasteiger partial charge on any atom is 0.223 e. The van der Waals surface area contributed by atoms with Gasteiger partial charge < -0.3 is 11.1 Å². The average molecular weight is 242 g/mol. The molecule has 0 radical (unpaired) electrons. The monoisotopic (exact) mass is 242 g/mol. The van der Waals surface area contributed by atoms with Crippen LogP contribution in [0.5, 0.6) is 0 Å². The lowest BCUT2D eigenvalue weighted by molar-refractivity contribution is 0.990. The third kappa shape index (κ3) is 3.05. The summed E-state index contributed by atoms with van der Waals surface area (Å²) in [5, 5.41) is 3.08. The molecule has 1 heterocycles. The van der Waals surface area contributed by atoms with Crippen LogP contribution in [0.25, 0.3) is 11.3 Å². The van der Waals surface area contributed by atoms with Crippen LogP contribution < -0.4 is 11.1 Å². The fraction of sp³-hybridized carbons (Fsp3) is 0.286. The van der Waals surface area contributed by atoms with Crippen LogP contribution in [0.2, 0.25) is 0 Å². The van der Waals surface area contributed by atoms with E-state index in [1.54, 1.807) is 6.20 Å². The molecule has 0 aliphatic heterocycles. The van der Waals surface area contributed by atoms with E-state index in [1.807, 2.05) is 6.07 Å². The van der Waals surface area contributed by atoms with Crippen LogP contribution in [0.15, 0.2) is 36.5 Å². The number of hydrogen-bond acceptors (Lipinski definition) is 4. The second-order valence-corrected chi connectivity index (χ2v) is 4.03. The summed E-state index contributed by atoms with van der Waals surface area (Å²) in [6.45, 7) is 3.39. The van der Waals surface area contributed by atoms with Gasteiger partial charge in [0.15, 0.2) is 0 Å². The van der Waals surface area contributed by atoms with E-state index in [9.17, 15) is 0 Å². The van der Waals surface area contributed by atoms with Crippen LogP contribution in [0.3, 0.4) is 0 Å². The van der Waals surface area contributed by atoms with E-state index in [0.717, 1.165) is 17.7 Å². The zero-order chi connectivity index (χ0) is 12.8. The van der Waals surface area contributed by atoms with Gasteiger partial charge in [0.25, 0.3) is 0 Å². The first kappa shape index (κ1) is 12.5. The molecule has 4 nitrogen and oxygen atoms in total. The predicted molar refractivity (Wildman–Crippen MR) is 74.4 cm³/mol. The Morgan fingerprint density at radius 3 is 2.61 bits per heavy atom. The van der Waals surface area contributed by atoms with Crippen LogP contribution in [-0.4, -0.2) is 23.1 Å². The van der Waals surface area contributed by atoms with Crippen molar-refractivity contribution in [3.63, 3.8) is 0 Å². The fourth-order valence-electron chi connectivity index (χ4n) is 1.70. The van der Waals surface area contributed by atoms with Crippen LogP contribution in [0.1, 0.15) is 12.5 Å². The lowest BCUT2D eigenvalue weighted by Crippen LogP contribution is -2.14. The minimum atomic E-state index is 0.568. The van der Waals surface area contributed by atoms with Crippen molar-refractivity contribution >= 4 is 5.95 Å². The molecule has 1 aromatic heterocycles. The predicted octanol–water partition coefficient (Wildman–Crippen LogP) is 2.08. The summed E-state index contributed by atoms with van der Waals surface area (Å²) in [6, 6.07) is 10.4. The minimum absolute atomic E-state index is 0.568. The zero-order valence-electron chi connectivity index (χ0n) is 10.6. The molecule has 2 aromatic rings. The third-order valence-electron chi connectivity index (χ3n) is 2.74. The molecule has 4 heteroatoms. The second kappa shape index (κ2) is 6.12. The zero-order valence-corrected chi connectivity index (χ0v) is 10.6. The molecule has 0 saturated carbocycles. The van der Waals surface area contributed by atoms with Crippen molar-refractivity contribution in [3.05, 3.63) is 42.1 Å². The molecule has 0 saturated heterocycles. The first-order valence-electron chi connectivity index (χ1n) is 6.19. The van der Waals surface area contributed by atoms with Gasteiger partial charge in [-0.15, -0.1) is 0 Å². The van der Waals surface area contributed by atoms with E-state index in [1.165, 1.54) is 5.56 Å². The maximum atomic E-state index is 5.44.